The Kier molecular flexibility index (Phi) is 8.46. The molecule has 7 heteroatoms. The number of halogens is 3. The van der Waals surface area contributed by atoms with Crippen molar-refractivity contribution in [3.8, 4) is 5.75 Å². The second-order valence-corrected chi connectivity index (χ2v) is 3.87. The fourth-order valence-corrected chi connectivity index (χ4v) is 1.26. The predicted octanol–water partition coefficient (Wildman–Crippen LogP) is -0.0224. The summed E-state index contributed by atoms with van der Waals surface area (Å²) >= 11 is 0. The molecule has 1 aromatic carbocycles. The van der Waals surface area contributed by atoms with E-state index in [9.17, 15) is 17.7 Å². The van der Waals surface area contributed by atoms with Gasteiger partial charge in [-0.25, -0.2) is 0 Å². The molecule has 0 aliphatic heterocycles. The Balaban J connectivity index is 0.00000289. The molecule has 1 aromatic rings. The molecular formula is C11H13BF3KO2. The molecule has 0 fully saturated rings. The van der Waals surface area contributed by atoms with Crippen molar-refractivity contribution in [1.29, 1.82) is 0 Å². The molecular weight excluding hydrogens is 271 g/mol. The number of ketones is 1. The fraction of sp³-hybridized carbons (Fsp3) is 0.364. The van der Waals surface area contributed by atoms with Crippen molar-refractivity contribution in [3.63, 3.8) is 0 Å². The van der Waals surface area contributed by atoms with E-state index in [4.69, 9.17) is 0 Å². The minimum Gasteiger partial charge on any atom is -0.522 e. The first kappa shape index (κ1) is 18.2. The fourth-order valence-electron chi connectivity index (χ4n) is 1.26. The molecule has 0 aliphatic carbocycles. The summed E-state index contributed by atoms with van der Waals surface area (Å²) in [6.07, 6.45) is 1.03. The number of hydrogen-bond acceptors (Lipinski definition) is 2. The van der Waals surface area contributed by atoms with Crippen LogP contribution in [0, 0.1) is 0 Å². The Bertz CT molecular complexity index is 379. The van der Waals surface area contributed by atoms with E-state index in [1.807, 2.05) is 0 Å². The number of benzene rings is 1. The van der Waals surface area contributed by atoms with Crippen LogP contribution in [0.1, 0.15) is 18.9 Å². The van der Waals surface area contributed by atoms with Crippen LogP contribution in [-0.4, -0.2) is 19.3 Å². The van der Waals surface area contributed by atoms with Gasteiger partial charge in [0, 0.05) is 6.42 Å². The maximum absolute atomic E-state index is 11.9. The van der Waals surface area contributed by atoms with Gasteiger partial charge in [-0.3, -0.25) is 0 Å². The van der Waals surface area contributed by atoms with Crippen LogP contribution in [0.15, 0.2) is 24.3 Å². The summed E-state index contributed by atoms with van der Waals surface area (Å²) in [4.78, 5) is 10.7. The molecule has 0 saturated carbocycles. The zero-order valence-electron chi connectivity index (χ0n) is 10.5. The van der Waals surface area contributed by atoms with Gasteiger partial charge in [-0.15, -0.1) is 0 Å². The van der Waals surface area contributed by atoms with Gasteiger partial charge >= 0.3 is 58.4 Å². The van der Waals surface area contributed by atoms with Crippen LogP contribution in [0.4, 0.5) is 12.9 Å². The largest absolute Gasteiger partial charge is 1.00 e. The van der Waals surface area contributed by atoms with Gasteiger partial charge in [0.05, 0.1) is 6.51 Å². The maximum atomic E-state index is 11.9. The van der Waals surface area contributed by atoms with E-state index >= 15 is 0 Å². The minimum atomic E-state index is -4.92. The average Bonchev–Trinajstić information content (AvgIpc) is 2.24. The molecule has 1 rings (SSSR count). The average molecular weight is 284 g/mol. The molecule has 0 N–H and O–H groups in total. The first-order valence-electron chi connectivity index (χ1n) is 5.29. The van der Waals surface area contributed by atoms with Crippen molar-refractivity contribution in [2.45, 2.75) is 19.8 Å². The van der Waals surface area contributed by atoms with Crippen molar-refractivity contribution in [2.75, 3.05) is 6.51 Å². The topological polar surface area (TPSA) is 26.3 Å². The van der Waals surface area contributed by atoms with Crippen LogP contribution in [0.25, 0.3) is 0 Å². The van der Waals surface area contributed by atoms with Gasteiger partial charge < -0.3 is 22.5 Å². The van der Waals surface area contributed by atoms with Gasteiger partial charge in [-0.05, 0) is 31.0 Å². The van der Waals surface area contributed by atoms with Crippen molar-refractivity contribution >= 4 is 12.8 Å². The van der Waals surface area contributed by atoms with Crippen molar-refractivity contribution in [3.05, 3.63) is 29.8 Å². The molecule has 0 atom stereocenters. The Morgan fingerprint density at radius 3 is 2.22 bits per heavy atom. The standard InChI is InChI=1S/C11H13BF3O2.K/c1-9(16)2-3-10-4-6-11(7-5-10)17-8-12(13,14)15;/h4-7H,2-3,8H2,1H3;/q-1;+1. The van der Waals surface area contributed by atoms with Crippen LogP contribution in [0.5, 0.6) is 5.75 Å². The van der Waals surface area contributed by atoms with Gasteiger partial charge in [-0.1, -0.05) is 12.1 Å². The Morgan fingerprint density at radius 2 is 1.78 bits per heavy atom. The number of hydrogen-bond donors (Lipinski definition) is 0. The van der Waals surface area contributed by atoms with Crippen LogP contribution in [0.2, 0.25) is 0 Å². The molecule has 0 unspecified atom stereocenters. The Hall–Kier alpha value is 0.181. The van der Waals surface area contributed by atoms with Gasteiger partial charge in [0.2, 0.25) is 0 Å². The summed E-state index contributed by atoms with van der Waals surface area (Å²) < 4.78 is 40.4. The number of carbonyl (C=O) groups is 1. The number of rotatable bonds is 6. The number of aryl methyl sites for hydroxylation is 1. The quantitative estimate of drug-likeness (QED) is 0.686. The SMILES string of the molecule is CC(=O)CCc1ccc(OC[B-](F)(F)F)cc1.[K+]. The second-order valence-electron chi connectivity index (χ2n) is 3.87. The van der Waals surface area contributed by atoms with Crippen LogP contribution >= 0.6 is 0 Å². The third-order valence-corrected chi connectivity index (χ3v) is 2.13. The van der Waals surface area contributed by atoms with Crippen molar-refractivity contribution in [2.24, 2.45) is 0 Å². The maximum Gasteiger partial charge on any atom is 1.00 e. The third kappa shape index (κ3) is 8.31. The molecule has 0 heterocycles. The summed E-state index contributed by atoms with van der Waals surface area (Å²) in [5.41, 5.74) is 0.907. The summed E-state index contributed by atoms with van der Waals surface area (Å²) in [6.45, 7) is -4.65. The van der Waals surface area contributed by atoms with Crippen molar-refractivity contribution in [1.82, 2.24) is 0 Å². The molecule has 0 aromatic heterocycles. The smallest absolute Gasteiger partial charge is 0.522 e. The zero-order valence-corrected chi connectivity index (χ0v) is 13.6. The third-order valence-electron chi connectivity index (χ3n) is 2.13. The van der Waals surface area contributed by atoms with Crippen LogP contribution in [0.3, 0.4) is 0 Å². The molecule has 0 spiro atoms. The van der Waals surface area contributed by atoms with Gasteiger partial charge in [-0.2, -0.15) is 0 Å². The Labute approximate surface area is 147 Å². The van der Waals surface area contributed by atoms with E-state index in [2.05, 4.69) is 4.74 Å². The van der Waals surface area contributed by atoms with E-state index in [0.29, 0.717) is 12.8 Å². The normalized spacial score (nSPS) is 10.7. The molecule has 0 aliphatic rings. The van der Waals surface area contributed by atoms with E-state index in [1.165, 1.54) is 19.1 Å². The van der Waals surface area contributed by atoms with E-state index in [1.54, 1.807) is 12.1 Å². The molecule has 0 radical (unpaired) electrons. The molecule has 94 valence electrons. The molecule has 0 amide bonds. The Morgan fingerprint density at radius 1 is 1.22 bits per heavy atom. The summed E-state index contributed by atoms with van der Waals surface area (Å²) in [5.74, 6) is 0.279. The van der Waals surface area contributed by atoms with Crippen molar-refractivity contribution < 1.29 is 73.9 Å². The second kappa shape index (κ2) is 8.37. The summed E-state index contributed by atoms with van der Waals surface area (Å²) in [6, 6.07) is 6.30. The van der Waals surface area contributed by atoms with Gasteiger partial charge in [0.1, 0.15) is 11.5 Å². The number of Topliss-reactive ketones (excluding diaryl/α,β-unsaturated/α-hetero) is 1. The number of ether oxygens (including phenoxy) is 1. The van der Waals surface area contributed by atoms with Gasteiger partial charge in [0.15, 0.2) is 0 Å². The van der Waals surface area contributed by atoms with E-state index in [0.717, 1.165) is 5.56 Å². The number of carbonyl (C=O) groups excluding carboxylic acids is 1. The van der Waals surface area contributed by atoms with Gasteiger partial charge in [0.25, 0.3) is 0 Å². The van der Waals surface area contributed by atoms with E-state index < -0.39 is 13.5 Å². The molecule has 18 heavy (non-hydrogen) atoms. The predicted molar refractivity (Wildman–Crippen MR) is 60.0 cm³/mol. The first-order chi connectivity index (χ1) is 7.87. The minimum absolute atomic E-state index is 0. The molecule has 0 saturated heterocycles. The zero-order chi connectivity index (χ0) is 12.9. The van der Waals surface area contributed by atoms with Crippen LogP contribution < -0.4 is 56.1 Å². The summed E-state index contributed by atoms with van der Waals surface area (Å²) in [7, 11) is 0. The molecule has 2 nitrogen and oxygen atoms in total. The summed E-state index contributed by atoms with van der Waals surface area (Å²) in [5, 5.41) is 0. The van der Waals surface area contributed by atoms with Crippen LogP contribution in [-0.2, 0) is 11.2 Å². The van der Waals surface area contributed by atoms with E-state index in [-0.39, 0.29) is 62.9 Å². The monoisotopic (exact) mass is 284 g/mol. The molecule has 0 bridgehead atoms. The first-order valence-corrected chi connectivity index (χ1v) is 5.29.